The predicted octanol–water partition coefficient (Wildman–Crippen LogP) is 7.69. The molecule has 0 amide bonds. The van der Waals surface area contributed by atoms with E-state index < -0.39 is 13.5 Å². The van der Waals surface area contributed by atoms with E-state index in [0.29, 0.717) is 36.3 Å². The van der Waals surface area contributed by atoms with E-state index in [1.54, 1.807) is 5.54 Å². The van der Waals surface area contributed by atoms with Gasteiger partial charge in [-0.2, -0.15) is 0 Å². The van der Waals surface area contributed by atoms with Gasteiger partial charge in [0.05, 0.1) is 13.5 Å². The molecule has 0 aliphatic heterocycles. The number of hydrogen-bond donors (Lipinski definition) is 3. The first kappa shape index (κ1) is 30.2. The van der Waals surface area contributed by atoms with Crippen LogP contribution in [0.2, 0.25) is 16.6 Å². The summed E-state index contributed by atoms with van der Waals surface area (Å²) in [6, 6.07) is 26.4. The van der Waals surface area contributed by atoms with E-state index in [1.807, 2.05) is 0 Å². The molecule has 1 aliphatic rings. The molecule has 3 nitrogen and oxygen atoms in total. The minimum atomic E-state index is -1.88. The van der Waals surface area contributed by atoms with Gasteiger partial charge in [0.1, 0.15) is 0 Å². The van der Waals surface area contributed by atoms with Gasteiger partial charge in [0.25, 0.3) is 0 Å². The molecule has 1 radical (unpaired) electrons. The maximum absolute atomic E-state index is 6.20. The molecule has 0 bridgehead atoms. The van der Waals surface area contributed by atoms with Gasteiger partial charge in [-0.3, -0.25) is 0 Å². The number of hydrogen-bond acceptors (Lipinski definition) is 3. The zero-order chi connectivity index (χ0) is 29.1. The van der Waals surface area contributed by atoms with Crippen LogP contribution in [-0.2, 0) is 25.0 Å². The Morgan fingerprint density at radius 3 is 1.27 bits per heavy atom. The fraction of sp³-hybridized carbons (Fsp3) is 0.361. The average molecular weight is 551 g/mol. The molecule has 211 valence electrons. The summed E-state index contributed by atoms with van der Waals surface area (Å²) in [5, 5.41) is 0. The number of rotatable bonds is 11. The van der Waals surface area contributed by atoms with E-state index in [4.69, 9.17) is 17.2 Å². The van der Waals surface area contributed by atoms with Gasteiger partial charge in [-0.1, -0.05) is 133 Å². The van der Waals surface area contributed by atoms with Crippen LogP contribution in [0, 0.1) is 5.54 Å². The molecule has 4 rings (SSSR count). The zero-order valence-corrected chi connectivity index (χ0v) is 26.2. The third-order valence-electron chi connectivity index (χ3n) is 9.34. The van der Waals surface area contributed by atoms with Crippen LogP contribution in [0.5, 0.6) is 0 Å². The zero-order valence-electron chi connectivity index (χ0n) is 25.2. The van der Waals surface area contributed by atoms with Crippen molar-refractivity contribution in [3.63, 3.8) is 0 Å². The molecule has 0 atom stereocenters. The normalized spacial score (nSPS) is 14.6. The lowest BCUT2D eigenvalue weighted by molar-refractivity contribution is 0.738. The Labute approximate surface area is 243 Å². The summed E-state index contributed by atoms with van der Waals surface area (Å²) in [6.07, 6.45) is 7.39. The van der Waals surface area contributed by atoms with Crippen molar-refractivity contribution in [1.29, 1.82) is 0 Å². The van der Waals surface area contributed by atoms with Crippen molar-refractivity contribution in [2.24, 2.45) is 17.2 Å². The monoisotopic (exact) mass is 550 g/mol. The van der Waals surface area contributed by atoms with Gasteiger partial charge < -0.3 is 17.2 Å². The quantitative estimate of drug-likeness (QED) is 0.169. The van der Waals surface area contributed by atoms with E-state index in [9.17, 15) is 0 Å². The van der Waals surface area contributed by atoms with Crippen molar-refractivity contribution in [2.45, 2.75) is 83.2 Å². The second-order valence-electron chi connectivity index (χ2n) is 12.2. The first-order valence-electron chi connectivity index (χ1n) is 14.8. The molecule has 1 aliphatic carbocycles. The lowest BCUT2D eigenvalue weighted by Crippen LogP contribution is -2.49. The van der Waals surface area contributed by atoms with Gasteiger partial charge in [-0.05, 0) is 55.6 Å². The number of allylic oxidation sites excluding steroid dienone is 4. The van der Waals surface area contributed by atoms with Crippen molar-refractivity contribution in [1.82, 2.24) is 0 Å². The summed E-state index contributed by atoms with van der Waals surface area (Å²) < 4.78 is 0. The molecule has 6 N–H and O–H groups in total. The third kappa shape index (κ3) is 5.07. The molecule has 40 heavy (non-hydrogen) atoms. The summed E-state index contributed by atoms with van der Waals surface area (Å²) in [7, 11) is -1.88. The van der Waals surface area contributed by atoms with Crippen molar-refractivity contribution in [3.05, 3.63) is 136 Å². The SMILES string of the molecule is CC(C)[Si]([C]1C=CC(C(c2cccc(CN)c2)(c2cccc(CN)c2)c2cccc(CN)c2)=C1)(C(C)C)C(C)C. The summed E-state index contributed by atoms with van der Waals surface area (Å²) >= 11 is 0. The van der Waals surface area contributed by atoms with E-state index >= 15 is 0 Å². The number of benzene rings is 3. The van der Waals surface area contributed by atoms with Crippen molar-refractivity contribution in [2.75, 3.05) is 0 Å². The molecule has 0 spiro atoms. The Morgan fingerprint density at radius 1 is 0.575 bits per heavy atom. The number of nitrogens with two attached hydrogens (primary N) is 3. The lowest BCUT2D eigenvalue weighted by Gasteiger charge is -2.46. The van der Waals surface area contributed by atoms with E-state index in [0.717, 1.165) is 16.7 Å². The first-order valence-corrected chi connectivity index (χ1v) is 17.0. The molecule has 0 fully saturated rings. The van der Waals surface area contributed by atoms with Crippen LogP contribution >= 0.6 is 0 Å². The highest BCUT2D eigenvalue weighted by atomic mass is 28.3. The fourth-order valence-corrected chi connectivity index (χ4v) is 14.5. The molecule has 0 saturated heterocycles. The molecular weight excluding hydrogens is 503 g/mol. The van der Waals surface area contributed by atoms with Crippen LogP contribution in [0.1, 0.15) is 74.9 Å². The molecule has 3 aromatic rings. The molecule has 0 saturated carbocycles. The molecule has 0 heterocycles. The summed E-state index contributed by atoms with van der Waals surface area (Å²) in [6.45, 7) is 16.1. The molecule has 0 unspecified atom stereocenters. The van der Waals surface area contributed by atoms with Crippen LogP contribution in [0.15, 0.2) is 96.6 Å². The van der Waals surface area contributed by atoms with Gasteiger partial charge in [0.15, 0.2) is 0 Å². The van der Waals surface area contributed by atoms with Crippen molar-refractivity contribution >= 4 is 8.07 Å². The van der Waals surface area contributed by atoms with E-state index in [2.05, 4.69) is 133 Å². The Morgan fingerprint density at radius 2 is 0.950 bits per heavy atom. The minimum absolute atomic E-state index is 0.492. The van der Waals surface area contributed by atoms with Crippen LogP contribution in [0.4, 0.5) is 0 Å². The second kappa shape index (κ2) is 12.4. The van der Waals surface area contributed by atoms with Crippen molar-refractivity contribution in [3.8, 4) is 0 Å². The summed E-state index contributed by atoms with van der Waals surface area (Å²) in [5.41, 5.74) is 29.8. The Balaban J connectivity index is 2.12. The highest BCUT2D eigenvalue weighted by molar-refractivity contribution is 6.89. The minimum Gasteiger partial charge on any atom is -0.326 e. The van der Waals surface area contributed by atoms with E-state index in [-0.39, 0.29) is 0 Å². The fourth-order valence-electron chi connectivity index (χ4n) is 7.74. The maximum Gasteiger partial charge on any atom is 0.0775 e. The average Bonchev–Trinajstić information content (AvgIpc) is 3.43. The largest absolute Gasteiger partial charge is 0.326 e. The lowest BCUT2D eigenvalue weighted by atomic mass is 9.64. The van der Waals surface area contributed by atoms with Crippen LogP contribution < -0.4 is 17.2 Å². The molecule has 0 aromatic heterocycles. The second-order valence-corrected chi connectivity index (χ2v) is 18.2. The highest BCUT2D eigenvalue weighted by Crippen LogP contribution is 2.54. The van der Waals surface area contributed by atoms with Gasteiger partial charge in [-0.25, -0.2) is 0 Å². The van der Waals surface area contributed by atoms with Crippen LogP contribution in [0.3, 0.4) is 0 Å². The molecule has 4 heteroatoms. The Kier molecular flexibility index (Phi) is 9.36. The topological polar surface area (TPSA) is 78.1 Å². The first-order chi connectivity index (χ1) is 19.2. The summed E-state index contributed by atoms with van der Waals surface area (Å²) in [4.78, 5) is 0. The Hall–Kier alpha value is -2.76. The van der Waals surface area contributed by atoms with Crippen molar-refractivity contribution < 1.29 is 0 Å². The third-order valence-corrected chi connectivity index (χ3v) is 16.4. The van der Waals surface area contributed by atoms with Gasteiger partial charge in [0.2, 0.25) is 0 Å². The molecular formula is C36H48N3Si. The maximum atomic E-state index is 6.20. The Bertz CT molecular complexity index is 1230. The van der Waals surface area contributed by atoms with Crippen LogP contribution in [-0.4, -0.2) is 8.07 Å². The van der Waals surface area contributed by atoms with E-state index in [1.165, 1.54) is 22.3 Å². The van der Waals surface area contributed by atoms with Crippen LogP contribution in [0.25, 0.3) is 0 Å². The molecule has 3 aromatic carbocycles. The van der Waals surface area contributed by atoms with Gasteiger partial charge >= 0.3 is 0 Å². The standard InChI is InChI=1S/C36H48N3Si/c1-25(2)40(26(3)4,27(5)6)35-17-16-34(21-35)36(31-13-7-10-28(18-31)22-37,32-14-8-11-29(19-32)23-38)33-15-9-12-30(20-33)24-39/h7-21,25-27H,22-24,37-39H2,1-6H3. The smallest absolute Gasteiger partial charge is 0.0775 e. The van der Waals surface area contributed by atoms with Gasteiger partial charge in [-0.15, -0.1) is 0 Å². The summed E-state index contributed by atoms with van der Waals surface area (Å²) in [5.74, 6) is 0. The van der Waals surface area contributed by atoms with Gasteiger partial charge in [0, 0.05) is 25.2 Å². The predicted molar refractivity (Wildman–Crippen MR) is 174 cm³/mol. The highest BCUT2D eigenvalue weighted by Gasteiger charge is 2.50.